The summed E-state index contributed by atoms with van der Waals surface area (Å²) in [5.41, 5.74) is -5.00. The molecule has 9 N–H and O–H groups in total. The van der Waals surface area contributed by atoms with Crippen molar-refractivity contribution in [1.29, 1.82) is 0 Å². The Balaban J connectivity index is 0.000000178. The van der Waals surface area contributed by atoms with Crippen LogP contribution in [0.15, 0.2) is 86.7 Å². The summed E-state index contributed by atoms with van der Waals surface area (Å²) in [5, 5.41) is 82.1. The van der Waals surface area contributed by atoms with Gasteiger partial charge in [0, 0.05) is 132 Å². The molecule has 0 bridgehead atoms. The van der Waals surface area contributed by atoms with Crippen molar-refractivity contribution in [3.63, 3.8) is 0 Å². The topological polar surface area (TPSA) is 409 Å². The smallest absolute Gasteiger partial charge is 0.242 e. The number of hydrogen-bond acceptors (Lipinski definition) is 24. The number of thioether (sulfide) groups is 3. The van der Waals surface area contributed by atoms with Crippen LogP contribution in [-0.4, -0.2) is 237 Å². The lowest BCUT2D eigenvalue weighted by molar-refractivity contribution is -0.218. The quantitative estimate of drug-likeness (QED) is 0.0167. The van der Waals surface area contributed by atoms with Gasteiger partial charge in [0.25, 0.3) is 0 Å². The molecule has 27 nitrogen and oxygen atoms in total. The Hall–Kier alpha value is -7.11. The van der Waals surface area contributed by atoms with Crippen LogP contribution in [0.1, 0.15) is 317 Å². The molecule has 33 heteroatoms. The van der Waals surface area contributed by atoms with Gasteiger partial charge in [-0.25, -0.2) is 29.4 Å². The van der Waals surface area contributed by atoms with Gasteiger partial charge in [-0.1, -0.05) is 151 Å². The Morgan fingerprint density at radius 2 is 0.709 bits per heavy atom. The minimum Gasteiger partial charge on any atom is -0.390 e. The van der Waals surface area contributed by atoms with Crippen molar-refractivity contribution in [2.45, 2.75) is 389 Å². The molecule has 141 heavy (non-hydrogen) atoms. The van der Waals surface area contributed by atoms with Gasteiger partial charge in [-0.3, -0.25) is 72.2 Å². The number of imide groups is 3. The van der Waals surface area contributed by atoms with Crippen molar-refractivity contribution in [3.05, 3.63) is 71.4 Å². The maximum atomic E-state index is 17.6. The fourth-order valence-corrected chi connectivity index (χ4v) is 32.4. The van der Waals surface area contributed by atoms with Crippen molar-refractivity contribution >= 4 is 123 Å². The second-order valence-electron chi connectivity index (χ2n) is 45.6. The highest BCUT2D eigenvalue weighted by Gasteiger charge is 2.79. The number of rotatable bonds is 33. The number of nitrogens with one attached hydrogen (secondary N) is 3. The number of fused-ring (bicyclic) bond motifs is 15. The lowest BCUT2D eigenvalue weighted by Gasteiger charge is -2.62. The van der Waals surface area contributed by atoms with E-state index in [0.717, 1.165) is 34.6 Å². The van der Waals surface area contributed by atoms with E-state index in [1.54, 1.807) is 75.1 Å². The third-order valence-corrected chi connectivity index (χ3v) is 40.6. The summed E-state index contributed by atoms with van der Waals surface area (Å²) in [6.07, 6.45) is 25.3. The predicted octanol–water partition coefficient (Wildman–Crippen LogP) is 15.1. The number of alkyl halides is 3. The van der Waals surface area contributed by atoms with Crippen LogP contribution in [0.25, 0.3) is 0 Å². The molecule has 0 aromatic rings. The van der Waals surface area contributed by atoms with Gasteiger partial charge in [0.1, 0.15) is 16.8 Å². The molecule has 9 amide bonds. The number of allylic oxidation sites excluding steroid dienone is 12. The molecular formula is C108H156F3N9O18S3. The van der Waals surface area contributed by atoms with E-state index in [1.807, 2.05) is 109 Å². The number of amides is 9. The fraction of sp³-hybridized carbons (Fsp3) is 0.750. The second-order valence-corrected chi connectivity index (χ2v) is 50.4. The number of ketones is 3. The van der Waals surface area contributed by atoms with Crippen molar-refractivity contribution in [3.8, 4) is 0 Å². The Bertz CT molecular complexity index is 5170. The van der Waals surface area contributed by atoms with Crippen molar-refractivity contribution in [1.82, 2.24) is 31.0 Å². The molecule has 780 valence electrons. The molecule has 0 spiro atoms. The zero-order chi connectivity index (χ0) is 103. The molecule has 12 fully saturated rings. The highest BCUT2D eigenvalue weighted by Crippen LogP contribution is 2.75. The largest absolute Gasteiger partial charge is 0.390 e. The van der Waals surface area contributed by atoms with Crippen LogP contribution < -0.4 is 16.3 Å². The monoisotopic (exact) mass is 2020 g/mol. The summed E-state index contributed by atoms with van der Waals surface area (Å²) >= 11 is 4.57. The SMILES string of the molecule is CCC(=O)[C@@]1(O)[C@H](C)C[C@H]2[C@@H]3CCC4=CC(=NNC(=O)CCCCCN5C(=O)CC(SC(C)(C)C)C5=O)C=C[C@]4(C)[C@@]3(F)[C@@H](O)C[C@@]21C.CCCSC1CC(=O)N(CCCCCC(=O)NN=C2C=C[C@@]3(C)C(=C2)CC[C@H]2[C@@H]4C[C@@H](C)[C@](O)(C(=O)CC)[C@@]4(C)C[C@H](O)[C@@]23F)C1=O.CCSC1CC(=O)N(CCCCCC(=O)NN=C2C=C[C@@]3(C)C(=C2)CC[C@H]2[C@@H]4C[C@@H](C)[C@](O)(C(=O)CC)[C@@]4(C)C[C@H](O)[C@@]23F)C1=O. The molecule has 3 unspecified atom stereocenters. The van der Waals surface area contributed by atoms with Crippen LogP contribution in [-0.2, 0) is 57.5 Å². The van der Waals surface area contributed by atoms with Crippen LogP contribution >= 0.6 is 35.3 Å². The van der Waals surface area contributed by atoms with Gasteiger partial charge in [0.15, 0.2) is 34.4 Å². The maximum absolute atomic E-state index is 17.6. The van der Waals surface area contributed by atoms with Crippen LogP contribution in [0, 0.1) is 85.8 Å². The standard InChI is InChI=1S/C37H54FN3O6S.C36H52FN3O6S.C35H50FN3O6S/c1-8-28(42)37(47)22(2)18-26-25-14-13-23-19-24(15-16-34(23,6)36(25,38)29(43)21-35(26,37)7)39-40-30(44)12-10-9-11-17-41-31(45)20-27(32(41)46)48-33(3,4)5;1-6-17-47-27-20-31(44)40(32(27)45)16-10-8-9-11-30(43)39-38-24-14-15-33(4)23(19-24)12-13-25-26-18-22(3)36(46,28(41)7-2)34(26,5)21-29(42)35(25,33)37;1-6-27(40)35(45)21(3)17-25-24-13-12-22-18-23(14-15-32(22,4)34(24,36)28(41)20-33(25,35)5)37-38-29(42)11-9-8-10-16-39-30(43)19-26(31(39)44)46-7-2/h15-16,19,22,25-27,29,43,47H,8-14,17-18,20-21H2,1-7H3,(H,40,44);14-15,19,22,25-27,29,42,46H,6-13,16-18,20-21H2,1-5H3,(H,39,43);14-15,18,21,24-26,28,41,45H,6-13,16-17,19-20H2,1-5H3,(H,38,42)/t22-,25+,26+,27?,29+,34+,35+,36+,37+;22-,25+,26+,27?,29+,33+,34+,35+,36+;21-,24+,25+,26?,28+,32+,33+,34+,35+/m111/s1. The van der Waals surface area contributed by atoms with Crippen molar-refractivity contribution in [2.75, 3.05) is 31.1 Å². The maximum Gasteiger partial charge on any atom is 0.242 e. The molecule has 3 saturated heterocycles. The number of carbonyl (C=O) groups excluding carboxylic acids is 12. The van der Waals surface area contributed by atoms with Gasteiger partial charge in [0.05, 0.1) is 51.2 Å². The average molecular weight is 2020 g/mol. The molecule has 9 saturated carbocycles. The van der Waals surface area contributed by atoms with Gasteiger partial charge in [-0.05, 0) is 226 Å². The zero-order valence-corrected chi connectivity index (χ0v) is 88.4. The zero-order valence-electron chi connectivity index (χ0n) is 85.9. The van der Waals surface area contributed by atoms with E-state index in [1.165, 1.54) is 38.2 Å². The third kappa shape index (κ3) is 19.3. The first kappa shape index (κ1) is 111. The Kier molecular flexibility index (Phi) is 33.6. The molecule has 15 aliphatic rings. The highest BCUT2D eigenvalue weighted by molar-refractivity contribution is 8.02. The second kappa shape index (κ2) is 42.6. The summed E-state index contributed by atoms with van der Waals surface area (Å²) < 4.78 is 52.7. The van der Waals surface area contributed by atoms with Gasteiger partial charge in [-0.2, -0.15) is 15.3 Å². The molecule has 12 aliphatic carbocycles. The summed E-state index contributed by atoms with van der Waals surface area (Å²) in [7, 11) is 0. The van der Waals surface area contributed by atoms with Gasteiger partial charge in [-0.15, -0.1) is 35.3 Å². The molecule has 3 aliphatic heterocycles. The van der Waals surface area contributed by atoms with Gasteiger partial charge < -0.3 is 30.6 Å². The van der Waals surface area contributed by atoms with Crippen molar-refractivity contribution in [2.24, 2.45) is 101 Å². The lowest BCUT2D eigenvalue weighted by Crippen LogP contribution is -2.69. The average Bonchev–Trinajstić information content (AvgIpc) is 1.60. The van der Waals surface area contributed by atoms with Crippen molar-refractivity contribution < 1.29 is 101 Å². The number of nitrogens with zero attached hydrogens (tertiary/aromatic N) is 6. The van der Waals surface area contributed by atoms with E-state index < -0.39 is 102 Å². The van der Waals surface area contributed by atoms with Crippen LogP contribution in [0.2, 0.25) is 0 Å². The normalized spacial score (nSPS) is 40.4. The number of carbonyl (C=O) groups is 12. The summed E-state index contributed by atoms with van der Waals surface area (Å²) in [5.74, 6) is -3.79. The molecule has 0 radical (unpaired) electrons. The third-order valence-electron chi connectivity index (χ3n) is 36.7. The minimum absolute atomic E-state index is 0.00635. The molecule has 0 aromatic carbocycles. The summed E-state index contributed by atoms with van der Waals surface area (Å²) in [6.45, 7) is 33.1. The Morgan fingerprint density at radius 3 is 0.986 bits per heavy atom. The van der Waals surface area contributed by atoms with E-state index in [0.29, 0.717) is 152 Å². The number of Topliss-reactive ketones (excluding diaryl/α,β-unsaturated/α-hetero) is 3. The minimum atomic E-state index is -1.98. The number of aliphatic hydroxyl groups excluding tert-OH is 3. The number of hydrazone groups is 3. The number of halogens is 3. The van der Waals surface area contributed by atoms with Crippen LogP contribution in [0.5, 0.6) is 0 Å². The molecule has 3 heterocycles. The predicted molar refractivity (Wildman–Crippen MR) is 540 cm³/mol. The molecular weight excluding hydrogens is 1860 g/mol. The highest BCUT2D eigenvalue weighted by atomic mass is 32.2. The van der Waals surface area contributed by atoms with E-state index in [4.69, 9.17) is 0 Å². The lowest BCUT2D eigenvalue weighted by atomic mass is 9.44. The van der Waals surface area contributed by atoms with Gasteiger partial charge >= 0.3 is 0 Å². The Labute approximate surface area is 843 Å². The number of aliphatic hydroxyl groups is 6. The first-order valence-corrected chi connectivity index (χ1v) is 55.3. The fourth-order valence-electron chi connectivity index (χ4n) is 29.1. The van der Waals surface area contributed by atoms with Gasteiger partial charge in [0.2, 0.25) is 53.2 Å². The van der Waals surface area contributed by atoms with E-state index in [-0.39, 0.29) is 204 Å². The first-order valence-electron chi connectivity index (χ1n) is 52.3. The van der Waals surface area contributed by atoms with E-state index >= 15 is 13.2 Å². The molecule has 27 atom stereocenters. The number of hydrogen-bond donors (Lipinski definition) is 9. The van der Waals surface area contributed by atoms with Crippen LogP contribution in [0.4, 0.5) is 13.2 Å². The molecule has 15 rings (SSSR count). The number of likely N-dealkylation sites (tertiary alicyclic amines) is 3. The van der Waals surface area contributed by atoms with E-state index in [9.17, 15) is 88.2 Å². The summed E-state index contributed by atoms with van der Waals surface area (Å²) in [6, 6.07) is 0. The number of unbranched alkanes of at least 4 members (excludes halogenated alkanes) is 6. The molecule has 0 aromatic heterocycles. The Morgan fingerprint density at radius 1 is 0.426 bits per heavy atom. The summed E-state index contributed by atoms with van der Waals surface area (Å²) in [4.78, 5) is 155. The first-order chi connectivity index (χ1) is 66.2. The van der Waals surface area contributed by atoms with Crippen LogP contribution in [0.3, 0.4) is 0 Å². The van der Waals surface area contributed by atoms with E-state index in [2.05, 4.69) is 31.6 Å².